The van der Waals surface area contributed by atoms with Gasteiger partial charge in [0.25, 0.3) is 5.69 Å². The van der Waals surface area contributed by atoms with E-state index in [-0.39, 0.29) is 23.9 Å². The number of rotatable bonds is 12. The number of carbonyl (C=O) groups excluding carboxylic acids is 2. The standard InChI is InChI=1S/C26H30N4O7/c1-18-23(25(32)33)24(19-9-6-10-20(17-19)30(35)36)29(26(34)27-18)15-8-14-28(2)22(31)13-7-16-37-21-11-4-3-5-12-21/h3-6,9-12,17,23-24H,7-8,13-16H2,1-2H3,(H,32,33). The first-order valence-electron chi connectivity index (χ1n) is 11.9. The summed E-state index contributed by atoms with van der Waals surface area (Å²) < 4.78 is 5.61. The summed E-state index contributed by atoms with van der Waals surface area (Å²) in [6, 6.07) is 13.4. The van der Waals surface area contributed by atoms with Crippen molar-refractivity contribution >= 4 is 29.3 Å². The number of nitro groups is 1. The summed E-state index contributed by atoms with van der Waals surface area (Å²) in [6.45, 7) is 2.34. The number of aliphatic imine (C=N–C) groups is 1. The lowest BCUT2D eigenvalue weighted by atomic mass is 9.86. The lowest BCUT2D eigenvalue weighted by Crippen LogP contribution is -2.47. The second-order valence-corrected chi connectivity index (χ2v) is 8.78. The summed E-state index contributed by atoms with van der Waals surface area (Å²) >= 11 is 0. The lowest BCUT2D eigenvalue weighted by molar-refractivity contribution is -0.385. The molecule has 2 atom stereocenters. The van der Waals surface area contributed by atoms with E-state index in [2.05, 4.69) is 4.99 Å². The maximum Gasteiger partial charge on any atom is 0.344 e. The molecule has 11 nitrogen and oxygen atoms in total. The number of hydrogen-bond acceptors (Lipinski definition) is 6. The highest BCUT2D eigenvalue weighted by molar-refractivity contribution is 6.07. The van der Waals surface area contributed by atoms with Gasteiger partial charge in [0.05, 0.1) is 17.6 Å². The number of carboxylic acid groups (broad SMARTS) is 1. The van der Waals surface area contributed by atoms with Crippen LogP contribution in [0.2, 0.25) is 0 Å². The lowest BCUT2D eigenvalue weighted by Gasteiger charge is -2.38. The van der Waals surface area contributed by atoms with Gasteiger partial charge in [0, 0.05) is 44.4 Å². The van der Waals surface area contributed by atoms with E-state index in [0.717, 1.165) is 5.75 Å². The maximum atomic E-state index is 12.8. The van der Waals surface area contributed by atoms with Gasteiger partial charge in [-0.2, -0.15) is 0 Å². The number of nitro benzene ring substituents is 1. The molecule has 196 valence electrons. The molecule has 0 aromatic heterocycles. The second-order valence-electron chi connectivity index (χ2n) is 8.78. The molecule has 11 heteroatoms. The van der Waals surface area contributed by atoms with Crippen LogP contribution in [0, 0.1) is 16.0 Å². The molecule has 3 rings (SSSR count). The Morgan fingerprint density at radius 2 is 1.89 bits per heavy atom. The maximum absolute atomic E-state index is 12.8. The van der Waals surface area contributed by atoms with Crippen molar-refractivity contribution in [1.82, 2.24) is 9.80 Å². The van der Waals surface area contributed by atoms with Crippen LogP contribution in [0.5, 0.6) is 5.75 Å². The highest BCUT2D eigenvalue weighted by atomic mass is 16.6. The zero-order valence-corrected chi connectivity index (χ0v) is 20.8. The SMILES string of the molecule is CC1=NC(=O)N(CCCN(C)C(=O)CCCOc2ccccc2)C(c2cccc([N+](=O)[O-])c2)C1C(=O)O. The van der Waals surface area contributed by atoms with Crippen LogP contribution in [0.15, 0.2) is 59.6 Å². The molecule has 0 saturated heterocycles. The predicted molar refractivity (Wildman–Crippen MR) is 136 cm³/mol. The van der Waals surface area contributed by atoms with Crippen molar-refractivity contribution in [3.63, 3.8) is 0 Å². The summed E-state index contributed by atoms with van der Waals surface area (Å²) in [5.74, 6) is -1.66. The Kier molecular flexibility index (Phi) is 9.31. The van der Waals surface area contributed by atoms with Gasteiger partial charge in [-0.3, -0.25) is 19.7 Å². The van der Waals surface area contributed by atoms with Crippen LogP contribution in [0.25, 0.3) is 0 Å². The first-order valence-corrected chi connectivity index (χ1v) is 11.9. The number of non-ortho nitro benzene ring substituents is 1. The first-order chi connectivity index (χ1) is 17.7. The molecule has 1 heterocycles. The van der Waals surface area contributed by atoms with Crippen LogP contribution >= 0.6 is 0 Å². The van der Waals surface area contributed by atoms with Crippen LogP contribution in [-0.2, 0) is 9.59 Å². The summed E-state index contributed by atoms with van der Waals surface area (Å²) in [5.41, 5.74) is 0.276. The Labute approximate surface area is 214 Å². The van der Waals surface area contributed by atoms with Crippen LogP contribution in [0.3, 0.4) is 0 Å². The zero-order chi connectivity index (χ0) is 26.9. The van der Waals surface area contributed by atoms with Gasteiger partial charge in [-0.1, -0.05) is 30.3 Å². The number of benzene rings is 2. The van der Waals surface area contributed by atoms with Gasteiger partial charge < -0.3 is 19.6 Å². The molecule has 0 spiro atoms. The molecule has 2 aromatic carbocycles. The second kappa shape index (κ2) is 12.6. The number of aliphatic carboxylic acids is 1. The van der Waals surface area contributed by atoms with Crippen LogP contribution in [0.1, 0.15) is 37.8 Å². The summed E-state index contributed by atoms with van der Waals surface area (Å²) in [6.07, 6.45) is 1.22. The van der Waals surface area contributed by atoms with Crippen LogP contribution in [0.4, 0.5) is 10.5 Å². The van der Waals surface area contributed by atoms with Crippen molar-refractivity contribution in [3.05, 3.63) is 70.3 Å². The number of carbonyl (C=O) groups is 3. The molecule has 1 N–H and O–H groups in total. The monoisotopic (exact) mass is 510 g/mol. The molecular formula is C26H30N4O7. The number of hydrogen-bond donors (Lipinski definition) is 1. The third kappa shape index (κ3) is 7.12. The number of urea groups is 1. The Balaban J connectivity index is 1.61. The van der Waals surface area contributed by atoms with Crippen LogP contribution in [-0.4, -0.2) is 70.2 Å². The number of nitrogens with zero attached hydrogens (tertiary/aromatic N) is 4. The van der Waals surface area contributed by atoms with E-state index in [1.807, 2.05) is 30.3 Å². The minimum atomic E-state index is -1.18. The predicted octanol–water partition coefficient (Wildman–Crippen LogP) is 3.94. The average Bonchev–Trinajstić information content (AvgIpc) is 2.87. The molecule has 3 amide bonds. The van der Waals surface area contributed by atoms with E-state index in [4.69, 9.17) is 4.74 Å². The topological polar surface area (TPSA) is 143 Å². The third-order valence-corrected chi connectivity index (χ3v) is 6.17. The third-order valence-electron chi connectivity index (χ3n) is 6.17. The van der Waals surface area contributed by atoms with Gasteiger partial charge in [-0.25, -0.2) is 9.79 Å². The Morgan fingerprint density at radius 3 is 2.57 bits per heavy atom. The fraction of sp³-hybridized carbons (Fsp3) is 0.385. The largest absolute Gasteiger partial charge is 0.494 e. The van der Waals surface area contributed by atoms with Crippen molar-refractivity contribution in [1.29, 1.82) is 0 Å². The molecule has 1 aliphatic heterocycles. The molecular weight excluding hydrogens is 480 g/mol. The van der Waals surface area contributed by atoms with E-state index in [1.54, 1.807) is 18.0 Å². The van der Waals surface area contributed by atoms with Gasteiger partial charge >= 0.3 is 12.0 Å². The van der Waals surface area contributed by atoms with E-state index >= 15 is 0 Å². The molecule has 0 bridgehead atoms. The molecule has 1 aliphatic rings. The molecule has 0 radical (unpaired) electrons. The van der Waals surface area contributed by atoms with E-state index < -0.39 is 28.9 Å². The Bertz CT molecular complexity index is 1170. The number of ether oxygens (including phenoxy) is 1. The molecule has 2 unspecified atom stereocenters. The zero-order valence-electron chi connectivity index (χ0n) is 20.8. The summed E-state index contributed by atoms with van der Waals surface area (Å²) in [7, 11) is 1.67. The smallest absolute Gasteiger partial charge is 0.344 e. The van der Waals surface area contributed by atoms with Crippen molar-refractivity contribution < 1.29 is 29.2 Å². The van der Waals surface area contributed by atoms with Crippen molar-refractivity contribution in [2.75, 3.05) is 26.7 Å². The van der Waals surface area contributed by atoms with Gasteiger partial charge in [0.2, 0.25) is 5.91 Å². The summed E-state index contributed by atoms with van der Waals surface area (Å²) in [4.78, 5) is 54.9. The number of para-hydroxylation sites is 1. The highest BCUT2D eigenvalue weighted by Crippen LogP contribution is 2.35. The van der Waals surface area contributed by atoms with E-state index in [0.29, 0.717) is 38.0 Å². The normalized spacial score (nSPS) is 17.2. The van der Waals surface area contributed by atoms with E-state index in [1.165, 1.54) is 30.0 Å². The Hall–Kier alpha value is -4.28. The average molecular weight is 511 g/mol. The van der Waals surface area contributed by atoms with Gasteiger partial charge in [-0.05, 0) is 37.5 Å². The number of carboxylic acids is 1. The highest BCUT2D eigenvalue weighted by Gasteiger charge is 2.42. The van der Waals surface area contributed by atoms with Crippen molar-refractivity contribution in [2.45, 2.75) is 32.2 Å². The minimum absolute atomic E-state index is 0.0749. The van der Waals surface area contributed by atoms with Crippen LogP contribution < -0.4 is 4.74 Å². The fourth-order valence-electron chi connectivity index (χ4n) is 4.28. The fourth-order valence-corrected chi connectivity index (χ4v) is 4.28. The van der Waals surface area contributed by atoms with Crippen molar-refractivity contribution in [3.8, 4) is 5.75 Å². The minimum Gasteiger partial charge on any atom is -0.494 e. The number of amides is 3. The summed E-state index contributed by atoms with van der Waals surface area (Å²) in [5, 5.41) is 21.1. The van der Waals surface area contributed by atoms with E-state index in [9.17, 15) is 29.6 Å². The molecule has 0 saturated carbocycles. The van der Waals surface area contributed by atoms with Gasteiger partial charge in [0.1, 0.15) is 11.7 Å². The van der Waals surface area contributed by atoms with Gasteiger partial charge in [-0.15, -0.1) is 0 Å². The molecule has 0 fully saturated rings. The molecule has 2 aromatic rings. The molecule has 0 aliphatic carbocycles. The Morgan fingerprint density at radius 1 is 1.16 bits per heavy atom. The van der Waals surface area contributed by atoms with Gasteiger partial charge in [0.15, 0.2) is 0 Å². The van der Waals surface area contributed by atoms with Crippen molar-refractivity contribution in [2.24, 2.45) is 10.9 Å². The molecule has 37 heavy (non-hydrogen) atoms. The quantitative estimate of drug-likeness (QED) is 0.259. The first kappa shape index (κ1) is 27.3.